The molecule has 4 rings (SSSR count). The topological polar surface area (TPSA) is 97.4 Å². The molecule has 1 aliphatic heterocycles. The Morgan fingerprint density at radius 1 is 1.16 bits per heavy atom. The molecule has 1 aliphatic rings. The molecule has 0 saturated carbocycles. The van der Waals surface area contributed by atoms with E-state index >= 15 is 0 Å². The van der Waals surface area contributed by atoms with Crippen molar-refractivity contribution in [1.29, 1.82) is 0 Å². The van der Waals surface area contributed by atoms with Crippen LogP contribution < -0.4 is 5.56 Å². The summed E-state index contributed by atoms with van der Waals surface area (Å²) >= 11 is 5.94. The number of halogens is 1. The monoisotopic (exact) mass is 442 g/mol. The zero-order valence-corrected chi connectivity index (χ0v) is 18.0. The van der Waals surface area contributed by atoms with Gasteiger partial charge in [-0.3, -0.25) is 19.1 Å². The van der Waals surface area contributed by atoms with Crippen molar-refractivity contribution in [2.75, 3.05) is 26.2 Å². The van der Waals surface area contributed by atoms with Crippen LogP contribution in [0.5, 0.6) is 0 Å². The smallest absolute Gasteiger partial charge is 0.266 e. The molecule has 3 heterocycles. The second-order valence-corrected chi connectivity index (χ2v) is 7.92. The summed E-state index contributed by atoms with van der Waals surface area (Å²) in [5.74, 6) is 0.597. The highest BCUT2D eigenvalue weighted by Gasteiger charge is 2.21. The first-order valence-electron chi connectivity index (χ1n) is 10.1. The van der Waals surface area contributed by atoms with Crippen molar-refractivity contribution >= 4 is 17.5 Å². The van der Waals surface area contributed by atoms with E-state index in [1.165, 1.54) is 22.7 Å². The Balaban J connectivity index is 1.30. The molecular weight excluding hydrogens is 420 g/mol. The average molecular weight is 443 g/mol. The number of rotatable bonds is 6. The standard InChI is InChI=1S/C21H23ClN6O3/c1-15-24-20(31-25-15)18-12-23-14-28(21(18)30)7-6-19(29)27-10-8-26(9-11-27)13-16-2-4-17(22)5-3-16/h2-5,12,14H,6-11,13H2,1H3. The highest BCUT2D eigenvalue weighted by molar-refractivity contribution is 6.30. The normalized spacial score (nSPS) is 14.7. The van der Waals surface area contributed by atoms with Crippen molar-refractivity contribution in [2.24, 2.45) is 0 Å². The molecular formula is C21H23ClN6O3. The molecule has 1 fully saturated rings. The van der Waals surface area contributed by atoms with E-state index in [1.54, 1.807) is 6.92 Å². The van der Waals surface area contributed by atoms with Crippen molar-refractivity contribution in [1.82, 2.24) is 29.5 Å². The SMILES string of the molecule is Cc1noc(-c2cncn(CCC(=O)N3CCN(Cc4ccc(Cl)cc4)CC3)c2=O)n1. The predicted octanol–water partition coefficient (Wildman–Crippen LogP) is 1.99. The van der Waals surface area contributed by atoms with Crippen LogP contribution in [-0.4, -0.2) is 61.6 Å². The van der Waals surface area contributed by atoms with E-state index in [0.717, 1.165) is 24.7 Å². The van der Waals surface area contributed by atoms with Gasteiger partial charge in [0.15, 0.2) is 5.82 Å². The molecule has 9 nitrogen and oxygen atoms in total. The first-order valence-corrected chi connectivity index (χ1v) is 10.5. The van der Waals surface area contributed by atoms with E-state index in [1.807, 2.05) is 29.2 Å². The Hall–Kier alpha value is -3.04. The van der Waals surface area contributed by atoms with Gasteiger partial charge in [-0.2, -0.15) is 4.98 Å². The van der Waals surface area contributed by atoms with Crippen LogP contribution in [0.1, 0.15) is 17.8 Å². The van der Waals surface area contributed by atoms with Gasteiger partial charge in [0.1, 0.15) is 5.56 Å². The number of amides is 1. The van der Waals surface area contributed by atoms with E-state index in [-0.39, 0.29) is 35.9 Å². The number of aromatic nitrogens is 4. The molecule has 2 aromatic heterocycles. The third kappa shape index (κ3) is 5.18. The maximum Gasteiger partial charge on any atom is 0.266 e. The summed E-state index contributed by atoms with van der Waals surface area (Å²) in [5, 5.41) is 4.43. The number of aryl methyl sites for hydroxylation is 2. The number of piperazine rings is 1. The number of carbonyl (C=O) groups excluding carboxylic acids is 1. The molecule has 0 unspecified atom stereocenters. The Bertz CT molecular complexity index is 1100. The molecule has 1 amide bonds. The lowest BCUT2D eigenvalue weighted by molar-refractivity contribution is -0.133. The third-order valence-electron chi connectivity index (χ3n) is 5.27. The van der Waals surface area contributed by atoms with Gasteiger partial charge in [0.2, 0.25) is 5.91 Å². The number of hydrogen-bond donors (Lipinski definition) is 0. The van der Waals surface area contributed by atoms with Crippen LogP contribution in [-0.2, 0) is 17.9 Å². The Kier molecular flexibility index (Phi) is 6.43. The first kappa shape index (κ1) is 21.2. The van der Waals surface area contributed by atoms with Crippen LogP contribution in [0.2, 0.25) is 5.02 Å². The van der Waals surface area contributed by atoms with Crippen molar-refractivity contribution in [2.45, 2.75) is 26.4 Å². The Labute approximate surface area is 184 Å². The second-order valence-electron chi connectivity index (χ2n) is 7.49. The molecule has 0 N–H and O–H groups in total. The van der Waals surface area contributed by atoms with Crippen LogP contribution in [0.4, 0.5) is 0 Å². The second kappa shape index (κ2) is 9.40. The molecule has 0 atom stereocenters. The van der Waals surface area contributed by atoms with E-state index in [9.17, 15) is 9.59 Å². The predicted molar refractivity (Wildman–Crippen MR) is 114 cm³/mol. The van der Waals surface area contributed by atoms with E-state index in [0.29, 0.717) is 18.9 Å². The largest absolute Gasteiger partial charge is 0.340 e. The summed E-state index contributed by atoms with van der Waals surface area (Å²) in [4.78, 5) is 37.6. The molecule has 31 heavy (non-hydrogen) atoms. The van der Waals surface area contributed by atoms with Gasteiger partial charge >= 0.3 is 0 Å². The van der Waals surface area contributed by atoms with Crippen molar-refractivity contribution in [3.8, 4) is 11.5 Å². The number of nitrogens with zero attached hydrogens (tertiary/aromatic N) is 6. The lowest BCUT2D eigenvalue weighted by Crippen LogP contribution is -2.48. The van der Waals surface area contributed by atoms with Gasteiger partial charge in [-0.15, -0.1) is 0 Å². The summed E-state index contributed by atoms with van der Waals surface area (Å²) in [5.41, 5.74) is 1.12. The minimum atomic E-state index is -0.306. The molecule has 162 valence electrons. The molecule has 1 saturated heterocycles. The van der Waals surface area contributed by atoms with Gasteiger partial charge < -0.3 is 9.42 Å². The third-order valence-corrected chi connectivity index (χ3v) is 5.52. The highest BCUT2D eigenvalue weighted by Crippen LogP contribution is 2.14. The van der Waals surface area contributed by atoms with E-state index < -0.39 is 0 Å². The minimum absolute atomic E-state index is 0.0251. The van der Waals surface area contributed by atoms with Gasteiger partial charge in [-0.05, 0) is 24.6 Å². The summed E-state index contributed by atoms with van der Waals surface area (Å²) in [7, 11) is 0. The highest BCUT2D eigenvalue weighted by atomic mass is 35.5. The fourth-order valence-corrected chi connectivity index (χ4v) is 3.67. The maximum absolute atomic E-state index is 12.7. The number of carbonyl (C=O) groups is 1. The molecule has 0 radical (unpaired) electrons. The zero-order valence-electron chi connectivity index (χ0n) is 17.2. The fourth-order valence-electron chi connectivity index (χ4n) is 3.54. The van der Waals surface area contributed by atoms with Gasteiger partial charge in [0.25, 0.3) is 11.4 Å². The van der Waals surface area contributed by atoms with E-state index in [2.05, 4.69) is 20.0 Å². The Morgan fingerprint density at radius 2 is 1.90 bits per heavy atom. The molecule has 0 spiro atoms. The average Bonchev–Trinajstić information content (AvgIpc) is 3.21. The fraction of sp³-hybridized carbons (Fsp3) is 0.381. The number of benzene rings is 1. The van der Waals surface area contributed by atoms with Crippen molar-refractivity contribution in [3.63, 3.8) is 0 Å². The van der Waals surface area contributed by atoms with Crippen LogP contribution >= 0.6 is 11.6 Å². The van der Waals surface area contributed by atoms with Crippen molar-refractivity contribution in [3.05, 3.63) is 63.6 Å². The van der Waals surface area contributed by atoms with Gasteiger partial charge in [0, 0.05) is 56.9 Å². The summed E-state index contributed by atoms with van der Waals surface area (Å²) in [6.07, 6.45) is 3.05. The summed E-state index contributed by atoms with van der Waals surface area (Å²) < 4.78 is 6.47. The summed E-state index contributed by atoms with van der Waals surface area (Å²) in [6.45, 7) is 5.71. The van der Waals surface area contributed by atoms with Crippen LogP contribution in [0.25, 0.3) is 11.5 Å². The minimum Gasteiger partial charge on any atom is -0.340 e. The zero-order chi connectivity index (χ0) is 21.8. The summed E-state index contributed by atoms with van der Waals surface area (Å²) in [6, 6.07) is 7.83. The lowest BCUT2D eigenvalue weighted by Gasteiger charge is -2.34. The number of hydrogen-bond acceptors (Lipinski definition) is 7. The molecule has 3 aromatic rings. The van der Waals surface area contributed by atoms with Gasteiger partial charge in [-0.25, -0.2) is 4.98 Å². The van der Waals surface area contributed by atoms with E-state index in [4.69, 9.17) is 16.1 Å². The van der Waals surface area contributed by atoms with Crippen LogP contribution in [0.3, 0.4) is 0 Å². The van der Waals surface area contributed by atoms with Crippen molar-refractivity contribution < 1.29 is 9.32 Å². The first-order chi connectivity index (χ1) is 15.0. The van der Waals surface area contributed by atoms with Crippen LogP contribution in [0.15, 0.2) is 46.1 Å². The van der Waals surface area contributed by atoms with Gasteiger partial charge in [0.05, 0.1) is 6.33 Å². The Morgan fingerprint density at radius 3 is 2.58 bits per heavy atom. The molecule has 1 aromatic carbocycles. The molecule has 0 aliphatic carbocycles. The lowest BCUT2D eigenvalue weighted by atomic mass is 10.2. The maximum atomic E-state index is 12.7. The molecule has 0 bridgehead atoms. The van der Waals surface area contributed by atoms with Crippen LogP contribution in [0, 0.1) is 6.92 Å². The quantitative estimate of drug-likeness (QED) is 0.575. The molecule has 10 heteroatoms. The van der Waals surface area contributed by atoms with Gasteiger partial charge in [-0.1, -0.05) is 28.9 Å².